The first-order valence-corrected chi connectivity index (χ1v) is 8.67. The molecular formula is C17H25BrN2O3. The minimum absolute atomic E-state index is 0.000352. The number of halogens is 1. The SMILES string of the molecule is CC(C)(C)C1CN(CCOc2cccc(Br)c2)CCN1C(=O)O. The Bertz CT molecular complexity index is 545. The van der Waals surface area contributed by atoms with Crippen molar-refractivity contribution in [2.45, 2.75) is 26.8 Å². The summed E-state index contributed by atoms with van der Waals surface area (Å²) in [7, 11) is 0. The summed E-state index contributed by atoms with van der Waals surface area (Å²) in [6.07, 6.45) is -0.824. The van der Waals surface area contributed by atoms with Crippen molar-refractivity contribution >= 4 is 22.0 Å². The Kier molecular flexibility index (Phi) is 5.92. The molecule has 1 saturated heterocycles. The molecule has 23 heavy (non-hydrogen) atoms. The van der Waals surface area contributed by atoms with Gasteiger partial charge in [-0.3, -0.25) is 4.90 Å². The van der Waals surface area contributed by atoms with Gasteiger partial charge in [-0.15, -0.1) is 0 Å². The molecule has 6 heteroatoms. The van der Waals surface area contributed by atoms with Gasteiger partial charge in [0, 0.05) is 30.7 Å². The maximum absolute atomic E-state index is 11.4. The van der Waals surface area contributed by atoms with Crippen LogP contribution >= 0.6 is 15.9 Å². The number of amides is 1. The second-order valence-electron chi connectivity index (χ2n) is 6.96. The van der Waals surface area contributed by atoms with Crippen molar-refractivity contribution in [3.05, 3.63) is 28.7 Å². The molecule has 1 fully saturated rings. The zero-order valence-electron chi connectivity index (χ0n) is 14.0. The van der Waals surface area contributed by atoms with Crippen molar-refractivity contribution in [1.29, 1.82) is 0 Å². The van der Waals surface area contributed by atoms with Crippen molar-refractivity contribution in [3.63, 3.8) is 0 Å². The highest BCUT2D eigenvalue weighted by molar-refractivity contribution is 9.10. The summed E-state index contributed by atoms with van der Waals surface area (Å²) in [5, 5.41) is 9.39. The molecule has 1 aromatic carbocycles. The highest BCUT2D eigenvalue weighted by atomic mass is 79.9. The molecule has 1 N–H and O–H groups in total. The fraction of sp³-hybridized carbons (Fsp3) is 0.588. The zero-order valence-corrected chi connectivity index (χ0v) is 15.5. The lowest BCUT2D eigenvalue weighted by Crippen LogP contribution is -2.59. The predicted molar refractivity (Wildman–Crippen MR) is 94.1 cm³/mol. The number of nitrogens with zero attached hydrogens (tertiary/aromatic N) is 2. The minimum atomic E-state index is -0.824. The summed E-state index contributed by atoms with van der Waals surface area (Å²) in [4.78, 5) is 15.3. The molecule has 1 unspecified atom stereocenters. The average Bonchev–Trinajstić information content (AvgIpc) is 2.46. The Labute approximate surface area is 146 Å². The van der Waals surface area contributed by atoms with E-state index in [2.05, 4.69) is 41.6 Å². The number of rotatable bonds is 4. The second kappa shape index (κ2) is 7.53. The molecule has 1 aromatic rings. The van der Waals surface area contributed by atoms with Crippen molar-refractivity contribution in [2.24, 2.45) is 5.41 Å². The van der Waals surface area contributed by atoms with Gasteiger partial charge in [0.25, 0.3) is 0 Å². The van der Waals surface area contributed by atoms with Gasteiger partial charge in [-0.05, 0) is 23.6 Å². The number of hydrogen-bond acceptors (Lipinski definition) is 3. The van der Waals surface area contributed by atoms with E-state index in [0.717, 1.165) is 29.9 Å². The first-order valence-electron chi connectivity index (χ1n) is 7.87. The van der Waals surface area contributed by atoms with Gasteiger partial charge in [0.15, 0.2) is 0 Å². The lowest BCUT2D eigenvalue weighted by molar-refractivity contribution is 0.0179. The van der Waals surface area contributed by atoms with Crippen LogP contribution in [0.15, 0.2) is 28.7 Å². The van der Waals surface area contributed by atoms with Gasteiger partial charge in [0.05, 0.1) is 6.04 Å². The number of hydrogen-bond donors (Lipinski definition) is 1. The monoisotopic (exact) mass is 384 g/mol. The van der Waals surface area contributed by atoms with Gasteiger partial charge in [0.2, 0.25) is 0 Å². The van der Waals surface area contributed by atoms with Crippen LogP contribution in [0.2, 0.25) is 0 Å². The van der Waals surface area contributed by atoms with Crippen LogP contribution in [0.3, 0.4) is 0 Å². The van der Waals surface area contributed by atoms with E-state index in [-0.39, 0.29) is 11.5 Å². The number of benzene rings is 1. The van der Waals surface area contributed by atoms with E-state index < -0.39 is 6.09 Å². The van der Waals surface area contributed by atoms with Gasteiger partial charge in [-0.1, -0.05) is 42.8 Å². The van der Waals surface area contributed by atoms with Crippen molar-refractivity contribution in [3.8, 4) is 5.75 Å². The van der Waals surface area contributed by atoms with E-state index in [1.165, 1.54) is 0 Å². The summed E-state index contributed by atoms with van der Waals surface area (Å²) in [6.45, 7) is 9.72. The van der Waals surface area contributed by atoms with E-state index in [1.807, 2.05) is 24.3 Å². The molecule has 0 radical (unpaired) electrons. The van der Waals surface area contributed by atoms with Crippen LogP contribution in [0.1, 0.15) is 20.8 Å². The predicted octanol–water partition coefficient (Wildman–Crippen LogP) is 3.54. The lowest BCUT2D eigenvalue weighted by Gasteiger charge is -2.45. The van der Waals surface area contributed by atoms with Crippen molar-refractivity contribution in [2.75, 3.05) is 32.8 Å². The highest BCUT2D eigenvalue weighted by Crippen LogP contribution is 2.27. The van der Waals surface area contributed by atoms with Crippen LogP contribution in [0, 0.1) is 5.41 Å². The third-order valence-electron chi connectivity index (χ3n) is 4.18. The quantitative estimate of drug-likeness (QED) is 0.862. The topological polar surface area (TPSA) is 53.0 Å². The van der Waals surface area contributed by atoms with Crippen LogP contribution in [0.5, 0.6) is 5.75 Å². The Morgan fingerprint density at radius 1 is 1.39 bits per heavy atom. The fourth-order valence-corrected chi connectivity index (χ4v) is 3.24. The first-order chi connectivity index (χ1) is 10.8. The van der Waals surface area contributed by atoms with Gasteiger partial charge < -0.3 is 14.7 Å². The molecule has 0 spiro atoms. The maximum Gasteiger partial charge on any atom is 0.407 e. The highest BCUT2D eigenvalue weighted by Gasteiger charge is 2.37. The Balaban J connectivity index is 1.88. The molecule has 1 heterocycles. The second-order valence-corrected chi connectivity index (χ2v) is 7.88. The largest absolute Gasteiger partial charge is 0.492 e. The van der Waals surface area contributed by atoms with Crippen molar-refractivity contribution in [1.82, 2.24) is 9.80 Å². The summed E-state index contributed by atoms with van der Waals surface area (Å²) >= 11 is 3.43. The van der Waals surface area contributed by atoms with Crippen LogP contribution in [0.25, 0.3) is 0 Å². The van der Waals surface area contributed by atoms with Gasteiger partial charge >= 0.3 is 6.09 Å². The molecule has 1 aliphatic heterocycles. The van der Waals surface area contributed by atoms with Crippen LogP contribution in [0.4, 0.5) is 4.79 Å². The zero-order chi connectivity index (χ0) is 17.0. The van der Waals surface area contributed by atoms with E-state index in [0.29, 0.717) is 13.2 Å². The Hall–Kier alpha value is -1.27. The smallest absolute Gasteiger partial charge is 0.407 e. The van der Waals surface area contributed by atoms with E-state index in [4.69, 9.17) is 4.74 Å². The molecule has 2 rings (SSSR count). The summed E-state index contributed by atoms with van der Waals surface area (Å²) < 4.78 is 6.78. The third-order valence-corrected chi connectivity index (χ3v) is 4.68. The van der Waals surface area contributed by atoms with Crippen molar-refractivity contribution < 1.29 is 14.6 Å². The average molecular weight is 385 g/mol. The molecule has 0 bridgehead atoms. The van der Waals surface area contributed by atoms with E-state index >= 15 is 0 Å². The first kappa shape index (κ1) is 18.1. The molecule has 1 aliphatic rings. The normalized spacial score (nSPS) is 19.7. The molecule has 128 valence electrons. The third kappa shape index (κ3) is 5.11. The molecule has 0 aromatic heterocycles. The van der Waals surface area contributed by atoms with Gasteiger partial charge in [-0.25, -0.2) is 4.79 Å². The number of ether oxygens (including phenoxy) is 1. The van der Waals surface area contributed by atoms with Crippen LogP contribution in [-0.2, 0) is 0 Å². The summed E-state index contributed by atoms with van der Waals surface area (Å²) in [5.74, 6) is 0.843. The van der Waals surface area contributed by atoms with Crippen LogP contribution in [-0.4, -0.2) is 59.8 Å². The summed E-state index contributed by atoms with van der Waals surface area (Å²) in [5.41, 5.74) is -0.0811. The van der Waals surface area contributed by atoms with Gasteiger partial charge in [-0.2, -0.15) is 0 Å². The molecule has 1 amide bonds. The molecule has 5 nitrogen and oxygen atoms in total. The van der Waals surface area contributed by atoms with E-state index in [9.17, 15) is 9.90 Å². The fourth-order valence-electron chi connectivity index (χ4n) is 2.86. The van der Waals surface area contributed by atoms with Gasteiger partial charge in [0.1, 0.15) is 12.4 Å². The molecular weight excluding hydrogens is 360 g/mol. The Morgan fingerprint density at radius 3 is 2.74 bits per heavy atom. The van der Waals surface area contributed by atoms with E-state index in [1.54, 1.807) is 4.90 Å². The maximum atomic E-state index is 11.4. The standard InChI is InChI=1S/C17H25BrN2O3/c1-17(2,3)15-12-19(7-8-20(15)16(21)22)9-10-23-14-6-4-5-13(18)11-14/h4-6,11,15H,7-10,12H2,1-3H3,(H,21,22). The molecule has 1 atom stereocenters. The number of carbonyl (C=O) groups is 1. The van der Waals surface area contributed by atoms with Crippen LogP contribution < -0.4 is 4.74 Å². The summed E-state index contributed by atoms with van der Waals surface area (Å²) in [6, 6.07) is 7.79. The minimum Gasteiger partial charge on any atom is -0.492 e. The number of carboxylic acid groups (broad SMARTS) is 1. The lowest BCUT2D eigenvalue weighted by atomic mass is 9.84. The number of piperazine rings is 1. The molecule has 0 saturated carbocycles. The Morgan fingerprint density at radius 2 is 2.13 bits per heavy atom. The molecule has 0 aliphatic carbocycles.